The van der Waals surface area contributed by atoms with Crippen LogP contribution >= 0.6 is 0 Å². The number of aryl methyl sites for hydroxylation is 2. The smallest absolute Gasteiger partial charge is 0.312 e. The van der Waals surface area contributed by atoms with Crippen molar-refractivity contribution in [1.82, 2.24) is 4.90 Å². The van der Waals surface area contributed by atoms with Crippen LogP contribution in [0.3, 0.4) is 0 Å². The minimum Gasteiger partial charge on any atom is -0.452 e. The minimum atomic E-state index is -0.910. The van der Waals surface area contributed by atoms with Gasteiger partial charge in [0, 0.05) is 24.7 Å². The number of amides is 2. The van der Waals surface area contributed by atoms with E-state index < -0.39 is 18.0 Å². The summed E-state index contributed by atoms with van der Waals surface area (Å²) >= 11 is 0. The molecule has 1 aliphatic carbocycles. The molecule has 146 valence electrons. The molecule has 1 aromatic carbocycles. The van der Waals surface area contributed by atoms with E-state index in [1.54, 1.807) is 6.92 Å². The number of para-hydroxylation sites is 1. The highest BCUT2D eigenvalue weighted by atomic mass is 16.5. The van der Waals surface area contributed by atoms with E-state index in [4.69, 9.17) is 4.74 Å². The molecule has 0 spiro atoms. The summed E-state index contributed by atoms with van der Waals surface area (Å²) in [7, 11) is 0. The third-order valence-electron chi connectivity index (χ3n) is 5.65. The van der Waals surface area contributed by atoms with Gasteiger partial charge in [-0.2, -0.15) is 0 Å². The van der Waals surface area contributed by atoms with Crippen LogP contribution in [-0.2, 0) is 19.1 Å². The number of carbonyl (C=O) groups excluding carboxylic acids is 3. The molecular formula is C21H28N2O4. The summed E-state index contributed by atoms with van der Waals surface area (Å²) in [5.74, 6) is -1.28. The van der Waals surface area contributed by atoms with Crippen molar-refractivity contribution in [2.75, 3.05) is 11.9 Å². The Bertz CT molecular complexity index is 719. The van der Waals surface area contributed by atoms with Crippen LogP contribution in [0, 0.1) is 19.8 Å². The molecule has 0 unspecified atom stereocenters. The predicted octanol–water partition coefficient (Wildman–Crippen LogP) is 2.96. The third kappa shape index (κ3) is 4.31. The van der Waals surface area contributed by atoms with Crippen molar-refractivity contribution in [2.24, 2.45) is 5.92 Å². The average molecular weight is 372 g/mol. The molecule has 1 saturated heterocycles. The van der Waals surface area contributed by atoms with Crippen molar-refractivity contribution >= 4 is 23.5 Å². The number of anilines is 1. The molecule has 1 heterocycles. The van der Waals surface area contributed by atoms with Gasteiger partial charge in [0.2, 0.25) is 5.91 Å². The first-order valence-corrected chi connectivity index (χ1v) is 9.74. The van der Waals surface area contributed by atoms with Gasteiger partial charge in [0.05, 0.1) is 5.92 Å². The van der Waals surface area contributed by atoms with E-state index in [-0.39, 0.29) is 24.3 Å². The number of esters is 1. The number of carbonyl (C=O) groups is 3. The van der Waals surface area contributed by atoms with Crippen molar-refractivity contribution in [2.45, 2.75) is 65.0 Å². The van der Waals surface area contributed by atoms with E-state index in [2.05, 4.69) is 5.32 Å². The maximum atomic E-state index is 12.5. The minimum absolute atomic E-state index is 0.0245. The van der Waals surface area contributed by atoms with Crippen molar-refractivity contribution in [3.8, 4) is 0 Å². The molecule has 1 N–H and O–H groups in total. The Morgan fingerprint density at radius 2 is 1.81 bits per heavy atom. The van der Waals surface area contributed by atoms with E-state index in [0.717, 1.165) is 42.5 Å². The Balaban J connectivity index is 1.55. The van der Waals surface area contributed by atoms with Gasteiger partial charge in [-0.1, -0.05) is 31.0 Å². The largest absolute Gasteiger partial charge is 0.452 e. The molecule has 2 atom stereocenters. The molecule has 2 aliphatic rings. The van der Waals surface area contributed by atoms with E-state index >= 15 is 0 Å². The zero-order valence-corrected chi connectivity index (χ0v) is 16.3. The molecule has 1 aliphatic heterocycles. The highest BCUT2D eigenvalue weighted by Crippen LogP contribution is 2.30. The molecule has 2 fully saturated rings. The highest BCUT2D eigenvalue weighted by molar-refractivity contribution is 5.97. The van der Waals surface area contributed by atoms with Gasteiger partial charge in [0.1, 0.15) is 0 Å². The quantitative estimate of drug-likeness (QED) is 0.807. The van der Waals surface area contributed by atoms with Crippen molar-refractivity contribution in [1.29, 1.82) is 0 Å². The molecule has 0 bridgehead atoms. The van der Waals surface area contributed by atoms with Crippen LogP contribution in [0.1, 0.15) is 50.2 Å². The van der Waals surface area contributed by atoms with Gasteiger partial charge in [-0.15, -0.1) is 0 Å². The zero-order valence-electron chi connectivity index (χ0n) is 16.3. The van der Waals surface area contributed by atoms with E-state index in [0.29, 0.717) is 6.54 Å². The lowest BCUT2D eigenvalue weighted by Crippen LogP contribution is -2.36. The Hall–Kier alpha value is -2.37. The monoisotopic (exact) mass is 372 g/mol. The number of nitrogens with zero attached hydrogens (tertiary/aromatic N) is 1. The van der Waals surface area contributed by atoms with Crippen LogP contribution in [0.5, 0.6) is 0 Å². The Labute approximate surface area is 160 Å². The third-order valence-corrected chi connectivity index (χ3v) is 5.65. The first-order valence-electron chi connectivity index (χ1n) is 9.74. The normalized spacial score (nSPS) is 21.4. The molecule has 6 heteroatoms. The zero-order chi connectivity index (χ0) is 19.6. The molecule has 0 radical (unpaired) electrons. The second kappa shape index (κ2) is 8.11. The van der Waals surface area contributed by atoms with E-state index in [1.807, 2.05) is 36.9 Å². The molecule has 3 rings (SSSR count). The summed E-state index contributed by atoms with van der Waals surface area (Å²) in [5, 5.41) is 2.84. The maximum absolute atomic E-state index is 12.5. The number of hydrogen-bond donors (Lipinski definition) is 1. The first kappa shape index (κ1) is 19.4. The molecule has 2 amide bonds. The van der Waals surface area contributed by atoms with Gasteiger partial charge in [-0.3, -0.25) is 14.4 Å². The van der Waals surface area contributed by atoms with Gasteiger partial charge < -0.3 is 15.0 Å². The number of rotatable bonds is 5. The van der Waals surface area contributed by atoms with Gasteiger partial charge >= 0.3 is 5.97 Å². The van der Waals surface area contributed by atoms with Crippen LogP contribution in [0.15, 0.2) is 18.2 Å². The molecule has 1 aromatic rings. The van der Waals surface area contributed by atoms with Gasteiger partial charge in [0.15, 0.2) is 6.10 Å². The fourth-order valence-electron chi connectivity index (χ4n) is 4.02. The lowest BCUT2D eigenvalue weighted by Gasteiger charge is -2.24. The summed E-state index contributed by atoms with van der Waals surface area (Å²) in [6, 6.07) is 6.03. The van der Waals surface area contributed by atoms with Crippen molar-refractivity contribution in [3.05, 3.63) is 29.3 Å². The Morgan fingerprint density at radius 1 is 1.19 bits per heavy atom. The lowest BCUT2D eigenvalue weighted by molar-refractivity contribution is -0.157. The second-order valence-electron chi connectivity index (χ2n) is 7.72. The molecule has 0 aromatic heterocycles. The van der Waals surface area contributed by atoms with Crippen molar-refractivity contribution < 1.29 is 19.1 Å². The Morgan fingerprint density at radius 3 is 2.44 bits per heavy atom. The number of ether oxygens (including phenoxy) is 1. The number of hydrogen-bond acceptors (Lipinski definition) is 4. The number of likely N-dealkylation sites (tertiary alicyclic amines) is 1. The summed E-state index contributed by atoms with van der Waals surface area (Å²) in [6.07, 6.45) is 3.58. The number of nitrogens with one attached hydrogen (secondary N) is 1. The highest BCUT2D eigenvalue weighted by Gasteiger charge is 2.40. The van der Waals surface area contributed by atoms with E-state index in [9.17, 15) is 14.4 Å². The fraction of sp³-hybridized carbons (Fsp3) is 0.571. The maximum Gasteiger partial charge on any atom is 0.312 e. The van der Waals surface area contributed by atoms with Crippen LogP contribution in [0.2, 0.25) is 0 Å². The summed E-state index contributed by atoms with van der Waals surface area (Å²) in [4.78, 5) is 39.0. The summed E-state index contributed by atoms with van der Waals surface area (Å²) in [5.41, 5.74) is 2.65. The van der Waals surface area contributed by atoms with Crippen molar-refractivity contribution in [3.63, 3.8) is 0 Å². The fourth-order valence-corrected chi connectivity index (χ4v) is 4.02. The van der Waals surface area contributed by atoms with Crippen LogP contribution in [0.4, 0.5) is 5.69 Å². The molecular weight excluding hydrogens is 344 g/mol. The first-order chi connectivity index (χ1) is 12.9. The predicted molar refractivity (Wildman–Crippen MR) is 102 cm³/mol. The summed E-state index contributed by atoms with van der Waals surface area (Å²) < 4.78 is 5.38. The van der Waals surface area contributed by atoms with Crippen LogP contribution in [-0.4, -0.2) is 41.4 Å². The lowest BCUT2D eigenvalue weighted by atomic mass is 10.1. The van der Waals surface area contributed by atoms with Gasteiger partial charge in [-0.25, -0.2) is 0 Å². The summed E-state index contributed by atoms with van der Waals surface area (Å²) in [6.45, 7) is 5.81. The molecule has 6 nitrogen and oxygen atoms in total. The van der Waals surface area contributed by atoms with Gasteiger partial charge in [0.25, 0.3) is 5.91 Å². The van der Waals surface area contributed by atoms with Gasteiger partial charge in [-0.05, 0) is 44.7 Å². The van der Waals surface area contributed by atoms with Crippen LogP contribution in [0.25, 0.3) is 0 Å². The second-order valence-corrected chi connectivity index (χ2v) is 7.72. The molecule has 27 heavy (non-hydrogen) atoms. The number of benzene rings is 1. The topological polar surface area (TPSA) is 75.7 Å². The Kier molecular flexibility index (Phi) is 5.82. The average Bonchev–Trinajstić information content (AvgIpc) is 3.27. The SMILES string of the molecule is Cc1cccc(C)c1NC(=O)[C@H](C)OC(=O)[C@H]1CC(=O)N(C2CCCC2)C1. The standard InChI is InChI=1S/C21H28N2O4/c1-13-7-6-8-14(2)19(13)22-20(25)15(3)27-21(26)16-11-18(24)23(12-16)17-9-4-5-10-17/h6-8,15-17H,4-5,9-12H2,1-3H3,(H,22,25)/t15-,16-/m0/s1. The van der Waals surface area contributed by atoms with E-state index in [1.165, 1.54) is 0 Å². The van der Waals surface area contributed by atoms with Crippen LogP contribution < -0.4 is 5.32 Å². The molecule has 1 saturated carbocycles.